The van der Waals surface area contributed by atoms with E-state index in [1.807, 2.05) is 0 Å². The van der Waals surface area contributed by atoms with Crippen LogP contribution in [0.15, 0.2) is 0 Å². The number of imide groups is 1. The van der Waals surface area contributed by atoms with Crippen molar-refractivity contribution >= 4 is 12.0 Å². The van der Waals surface area contributed by atoms with Crippen LogP contribution in [0.3, 0.4) is 0 Å². The van der Waals surface area contributed by atoms with E-state index < -0.39 is 12.2 Å². The van der Waals surface area contributed by atoms with Crippen LogP contribution in [0.4, 0.5) is 4.79 Å². The number of carbonyl (C=O) groups is 2. The van der Waals surface area contributed by atoms with Gasteiger partial charge in [0.05, 0.1) is 0 Å². The van der Waals surface area contributed by atoms with E-state index in [1.165, 1.54) is 0 Å². The molecule has 0 radical (unpaired) electrons. The van der Waals surface area contributed by atoms with Crippen LogP contribution in [0.5, 0.6) is 0 Å². The summed E-state index contributed by atoms with van der Waals surface area (Å²) in [7, 11) is 1.58. The van der Waals surface area contributed by atoms with Gasteiger partial charge in [-0.3, -0.25) is 10.1 Å². The number of methoxy groups -OCH3 is 1. The number of rotatable bonds is 4. The Kier molecular flexibility index (Phi) is 3.04. The fourth-order valence-electron chi connectivity index (χ4n) is 0.996. The van der Waals surface area contributed by atoms with Gasteiger partial charge in [0, 0.05) is 13.7 Å². The zero-order valence-electron chi connectivity index (χ0n) is 6.83. The predicted octanol–water partition coefficient (Wildman–Crippen LogP) is 0.0480. The summed E-state index contributed by atoms with van der Waals surface area (Å²) < 4.78 is 9.46. The topological polar surface area (TPSA) is 64.6 Å². The quantitative estimate of drug-likeness (QED) is 0.610. The van der Waals surface area contributed by atoms with E-state index >= 15 is 0 Å². The lowest BCUT2D eigenvalue weighted by Gasteiger charge is -2.04. The number of cyclic esters (lactones) is 1. The van der Waals surface area contributed by atoms with E-state index in [1.54, 1.807) is 7.11 Å². The van der Waals surface area contributed by atoms with Crippen molar-refractivity contribution in [3.05, 3.63) is 0 Å². The molecule has 1 fully saturated rings. The van der Waals surface area contributed by atoms with Crippen molar-refractivity contribution in [2.45, 2.75) is 18.9 Å². The second-order valence-corrected chi connectivity index (χ2v) is 2.52. The van der Waals surface area contributed by atoms with Crippen LogP contribution in [-0.2, 0) is 14.3 Å². The average Bonchev–Trinajstić information content (AvgIpc) is 2.31. The van der Waals surface area contributed by atoms with Crippen LogP contribution in [0.25, 0.3) is 0 Å². The molecule has 0 aromatic rings. The highest BCUT2D eigenvalue weighted by atomic mass is 16.6. The number of carbonyl (C=O) groups excluding carboxylic acids is 2. The van der Waals surface area contributed by atoms with Crippen molar-refractivity contribution < 1.29 is 19.1 Å². The van der Waals surface area contributed by atoms with Gasteiger partial charge in [0.2, 0.25) is 0 Å². The minimum atomic E-state index is -0.651. The van der Waals surface area contributed by atoms with Crippen molar-refractivity contribution in [1.29, 1.82) is 0 Å². The van der Waals surface area contributed by atoms with Crippen LogP contribution >= 0.6 is 0 Å². The largest absolute Gasteiger partial charge is 0.436 e. The molecule has 1 aliphatic heterocycles. The van der Waals surface area contributed by atoms with Crippen LogP contribution < -0.4 is 5.32 Å². The molecule has 0 aromatic heterocycles. The highest BCUT2D eigenvalue weighted by Gasteiger charge is 2.31. The Morgan fingerprint density at radius 2 is 2.33 bits per heavy atom. The molecule has 0 aromatic carbocycles. The lowest BCUT2D eigenvalue weighted by atomic mass is 10.2. The monoisotopic (exact) mass is 173 g/mol. The van der Waals surface area contributed by atoms with Crippen molar-refractivity contribution in [3.8, 4) is 0 Å². The van der Waals surface area contributed by atoms with Gasteiger partial charge in [-0.15, -0.1) is 0 Å². The Labute approximate surface area is 70.0 Å². The smallest absolute Gasteiger partial charge is 0.414 e. The summed E-state index contributed by atoms with van der Waals surface area (Å²) in [5, 5.41) is 2.05. The molecule has 0 bridgehead atoms. The molecule has 68 valence electrons. The maximum absolute atomic E-state index is 10.9. The third-order valence-corrected chi connectivity index (χ3v) is 1.58. The summed E-state index contributed by atoms with van der Waals surface area (Å²) in [6.07, 6.45) is -0.0390. The third-order valence-electron chi connectivity index (χ3n) is 1.58. The summed E-state index contributed by atoms with van der Waals surface area (Å²) in [5.74, 6) is -0.351. The first-order valence-electron chi connectivity index (χ1n) is 3.74. The molecule has 1 heterocycles. The Morgan fingerprint density at radius 1 is 1.58 bits per heavy atom. The molecule has 2 amide bonds. The van der Waals surface area contributed by atoms with Crippen molar-refractivity contribution in [2.24, 2.45) is 0 Å². The Balaban J connectivity index is 2.24. The maximum atomic E-state index is 10.9. The number of hydrogen-bond acceptors (Lipinski definition) is 4. The van der Waals surface area contributed by atoms with Crippen molar-refractivity contribution in [3.63, 3.8) is 0 Å². The summed E-state index contributed by atoms with van der Waals surface area (Å²) in [4.78, 5) is 21.4. The molecule has 0 saturated carbocycles. The second-order valence-electron chi connectivity index (χ2n) is 2.52. The lowest BCUT2D eigenvalue weighted by Crippen LogP contribution is -2.24. The van der Waals surface area contributed by atoms with E-state index in [2.05, 4.69) is 10.1 Å². The first-order valence-corrected chi connectivity index (χ1v) is 3.74. The van der Waals surface area contributed by atoms with Gasteiger partial charge in [0.1, 0.15) is 0 Å². The first-order chi connectivity index (χ1) is 5.74. The van der Waals surface area contributed by atoms with Gasteiger partial charge in [0.15, 0.2) is 6.10 Å². The Morgan fingerprint density at radius 3 is 2.83 bits per heavy atom. The van der Waals surface area contributed by atoms with E-state index in [4.69, 9.17) is 4.74 Å². The minimum Gasteiger partial charge on any atom is -0.436 e. The van der Waals surface area contributed by atoms with E-state index in [0.717, 1.165) is 0 Å². The average molecular weight is 173 g/mol. The fraction of sp³-hybridized carbons (Fsp3) is 0.714. The van der Waals surface area contributed by atoms with Gasteiger partial charge in [-0.05, 0) is 12.8 Å². The molecular weight excluding hydrogens is 162 g/mol. The predicted molar refractivity (Wildman–Crippen MR) is 39.5 cm³/mol. The molecule has 5 heteroatoms. The summed E-state index contributed by atoms with van der Waals surface area (Å²) in [5.41, 5.74) is 0. The lowest BCUT2D eigenvalue weighted by molar-refractivity contribution is -0.123. The molecule has 5 nitrogen and oxygen atoms in total. The van der Waals surface area contributed by atoms with Gasteiger partial charge in [0.25, 0.3) is 5.91 Å². The van der Waals surface area contributed by atoms with Crippen molar-refractivity contribution in [2.75, 3.05) is 13.7 Å². The standard InChI is InChI=1S/C7H11NO4/c1-11-4-2-3-5-6(9)8-7(10)12-5/h5H,2-4H2,1H3,(H,8,9,10). The Bertz CT molecular complexity index is 192. The van der Waals surface area contributed by atoms with Crippen LogP contribution in [-0.4, -0.2) is 31.8 Å². The van der Waals surface area contributed by atoms with Crippen molar-refractivity contribution in [1.82, 2.24) is 5.32 Å². The molecule has 0 aliphatic carbocycles. The maximum Gasteiger partial charge on any atom is 0.414 e. The summed E-state index contributed by atoms with van der Waals surface area (Å²) in [6, 6.07) is 0. The number of hydrogen-bond donors (Lipinski definition) is 1. The third kappa shape index (κ3) is 2.20. The number of alkyl carbamates (subject to hydrolysis) is 1. The van der Waals surface area contributed by atoms with Gasteiger partial charge < -0.3 is 9.47 Å². The number of ether oxygens (including phenoxy) is 2. The Hall–Kier alpha value is -1.10. The highest BCUT2D eigenvalue weighted by molar-refractivity contribution is 5.99. The molecule has 1 rings (SSSR count). The zero-order chi connectivity index (χ0) is 8.97. The molecule has 1 aliphatic rings. The second kappa shape index (κ2) is 4.06. The molecular formula is C7H11NO4. The van der Waals surface area contributed by atoms with Gasteiger partial charge >= 0.3 is 6.09 Å². The number of amides is 2. The fourth-order valence-corrected chi connectivity index (χ4v) is 0.996. The van der Waals surface area contributed by atoms with Gasteiger partial charge in [-0.1, -0.05) is 0 Å². The van der Waals surface area contributed by atoms with Gasteiger partial charge in [-0.2, -0.15) is 0 Å². The molecule has 12 heavy (non-hydrogen) atoms. The summed E-state index contributed by atoms with van der Waals surface area (Å²) >= 11 is 0. The minimum absolute atomic E-state index is 0.351. The van der Waals surface area contributed by atoms with Crippen LogP contribution in [0.1, 0.15) is 12.8 Å². The zero-order valence-corrected chi connectivity index (χ0v) is 6.83. The van der Waals surface area contributed by atoms with Crippen LogP contribution in [0, 0.1) is 0 Å². The van der Waals surface area contributed by atoms with E-state index in [9.17, 15) is 9.59 Å². The summed E-state index contributed by atoms with van der Waals surface area (Å²) in [6.45, 7) is 0.571. The van der Waals surface area contributed by atoms with Crippen LogP contribution in [0.2, 0.25) is 0 Å². The molecule has 1 unspecified atom stereocenters. The van der Waals surface area contributed by atoms with E-state index in [-0.39, 0.29) is 5.91 Å². The SMILES string of the molecule is COCCCC1OC(=O)NC1=O. The van der Waals surface area contributed by atoms with E-state index in [0.29, 0.717) is 19.4 Å². The first kappa shape index (κ1) is 8.99. The molecule has 1 saturated heterocycles. The van der Waals surface area contributed by atoms with Gasteiger partial charge in [-0.25, -0.2) is 4.79 Å². The number of nitrogens with one attached hydrogen (secondary N) is 1. The normalized spacial score (nSPS) is 22.2. The molecule has 0 spiro atoms. The molecule has 1 atom stereocenters. The molecule has 1 N–H and O–H groups in total. The highest BCUT2D eigenvalue weighted by Crippen LogP contribution is 2.08.